The first-order chi connectivity index (χ1) is 11.0. The van der Waals surface area contributed by atoms with Crippen molar-refractivity contribution in [1.29, 1.82) is 0 Å². The predicted molar refractivity (Wildman–Crippen MR) is 87.8 cm³/mol. The zero-order valence-corrected chi connectivity index (χ0v) is 14.2. The van der Waals surface area contributed by atoms with Crippen LogP contribution in [0, 0.1) is 6.92 Å². The number of rotatable bonds is 3. The van der Waals surface area contributed by atoms with Crippen LogP contribution in [0.15, 0.2) is 22.7 Å². The van der Waals surface area contributed by atoms with E-state index >= 15 is 0 Å². The Morgan fingerprint density at radius 1 is 1.43 bits per heavy atom. The molecule has 1 amide bonds. The summed E-state index contributed by atoms with van der Waals surface area (Å²) in [5.74, 6) is 0.953. The van der Waals surface area contributed by atoms with E-state index in [1.54, 1.807) is 28.0 Å². The van der Waals surface area contributed by atoms with Crippen molar-refractivity contribution in [2.45, 2.75) is 25.8 Å². The Kier molecular flexibility index (Phi) is 4.26. The van der Waals surface area contributed by atoms with E-state index in [1.807, 2.05) is 21.0 Å². The first-order valence-electron chi connectivity index (χ1n) is 7.56. The van der Waals surface area contributed by atoms with Gasteiger partial charge in [-0.1, -0.05) is 17.7 Å². The van der Waals surface area contributed by atoms with E-state index in [0.717, 1.165) is 18.4 Å². The largest absolute Gasteiger partial charge is 0.344 e. The van der Waals surface area contributed by atoms with Gasteiger partial charge in [-0.25, -0.2) is 0 Å². The van der Waals surface area contributed by atoms with Gasteiger partial charge in [-0.05, 0) is 42.6 Å². The minimum absolute atomic E-state index is 0.0443. The van der Waals surface area contributed by atoms with Crippen LogP contribution in [0.2, 0.25) is 5.02 Å². The van der Waals surface area contributed by atoms with Gasteiger partial charge < -0.3 is 14.3 Å². The van der Waals surface area contributed by atoms with Crippen molar-refractivity contribution < 1.29 is 9.32 Å². The lowest BCUT2D eigenvalue weighted by molar-refractivity contribution is 0.0709. The number of hydrogen-bond acceptors (Lipinski definition) is 5. The number of benzene rings is 1. The average Bonchev–Trinajstić information content (AvgIpc) is 3.17. The van der Waals surface area contributed by atoms with Crippen LogP contribution in [-0.4, -0.2) is 41.6 Å². The van der Waals surface area contributed by atoms with Gasteiger partial charge in [0, 0.05) is 31.2 Å². The molecule has 7 heteroatoms. The molecule has 0 saturated carbocycles. The number of carbonyl (C=O) groups is 1. The fourth-order valence-corrected chi connectivity index (χ4v) is 2.98. The molecule has 3 rings (SSSR count). The molecule has 0 aliphatic carbocycles. The minimum Gasteiger partial charge on any atom is -0.344 e. The molecule has 0 radical (unpaired) electrons. The van der Waals surface area contributed by atoms with Crippen molar-refractivity contribution >= 4 is 23.5 Å². The molecule has 0 unspecified atom stereocenters. The highest BCUT2D eigenvalue weighted by molar-refractivity contribution is 6.31. The molecule has 0 spiro atoms. The van der Waals surface area contributed by atoms with Crippen LogP contribution in [0.1, 0.15) is 40.7 Å². The van der Waals surface area contributed by atoms with Crippen molar-refractivity contribution in [3.05, 3.63) is 40.2 Å². The van der Waals surface area contributed by atoms with E-state index < -0.39 is 0 Å². The normalized spacial score (nSPS) is 17.6. The summed E-state index contributed by atoms with van der Waals surface area (Å²) in [7, 11) is 3.70. The Balaban J connectivity index is 1.88. The SMILES string of the molecule is Cc1c(Cl)cccc1C(=O)N1CCC[C@@H]1c1nc(N(C)C)no1. The summed E-state index contributed by atoms with van der Waals surface area (Å²) >= 11 is 6.14. The van der Waals surface area contributed by atoms with Gasteiger partial charge in [0.1, 0.15) is 6.04 Å². The third-order valence-corrected chi connectivity index (χ3v) is 4.54. The molecule has 0 bridgehead atoms. The van der Waals surface area contributed by atoms with Crippen LogP contribution in [0.25, 0.3) is 0 Å². The zero-order chi connectivity index (χ0) is 16.6. The van der Waals surface area contributed by atoms with Crippen LogP contribution in [0.5, 0.6) is 0 Å². The van der Waals surface area contributed by atoms with Crippen molar-refractivity contribution in [3.63, 3.8) is 0 Å². The highest BCUT2D eigenvalue weighted by atomic mass is 35.5. The second kappa shape index (κ2) is 6.20. The molecule has 122 valence electrons. The van der Waals surface area contributed by atoms with Gasteiger partial charge in [0.15, 0.2) is 0 Å². The lowest BCUT2D eigenvalue weighted by atomic mass is 10.1. The molecule has 1 atom stereocenters. The maximum absolute atomic E-state index is 12.9. The third-order valence-electron chi connectivity index (χ3n) is 4.13. The molecule has 6 nitrogen and oxygen atoms in total. The number of hydrogen-bond donors (Lipinski definition) is 0. The van der Waals surface area contributed by atoms with E-state index in [4.69, 9.17) is 16.1 Å². The average molecular weight is 335 g/mol. The maximum atomic E-state index is 12.9. The van der Waals surface area contributed by atoms with E-state index in [-0.39, 0.29) is 11.9 Å². The second-order valence-electron chi connectivity index (χ2n) is 5.90. The third kappa shape index (κ3) is 2.91. The molecule has 1 fully saturated rings. The Morgan fingerprint density at radius 3 is 2.91 bits per heavy atom. The number of aromatic nitrogens is 2. The first kappa shape index (κ1) is 15.8. The molecule has 23 heavy (non-hydrogen) atoms. The number of nitrogens with zero attached hydrogens (tertiary/aromatic N) is 4. The monoisotopic (exact) mass is 334 g/mol. The Hall–Kier alpha value is -2.08. The number of likely N-dealkylation sites (tertiary alicyclic amines) is 1. The lowest BCUT2D eigenvalue weighted by Crippen LogP contribution is -2.31. The summed E-state index contributed by atoms with van der Waals surface area (Å²) in [4.78, 5) is 20.9. The van der Waals surface area contributed by atoms with Gasteiger partial charge >= 0.3 is 0 Å². The molecular formula is C16H19ClN4O2. The highest BCUT2D eigenvalue weighted by Crippen LogP contribution is 2.33. The van der Waals surface area contributed by atoms with E-state index in [2.05, 4.69) is 10.1 Å². The van der Waals surface area contributed by atoms with Gasteiger partial charge in [-0.3, -0.25) is 4.79 Å². The fraction of sp³-hybridized carbons (Fsp3) is 0.438. The van der Waals surface area contributed by atoms with E-state index in [0.29, 0.717) is 29.0 Å². The molecule has 1 aliphatic rings. The van der Waals surface area contributed by atoms with Gasteiger partial charge in [0.05, 0.1) is 0 Å². The van der Waals surface area contributed by atoms with Crippen molar-refractivity contribution in [2.24, 2.45) is 0 Å². The second-order valence-corrected chi connectivity index (χ2v) is 6.30. The Morgan fingerprint density at radius 2 is 2.22 bits per heavy atom. The summed E-state index contributed by atoms with van der Waals surface area (Å²) < 4.78 is 5.36. The van der Waals surface area contributed by atoms with Gasteiger partial charge in [-0.2, -0.15) is 4.98 Å². The summed E-state index contributed by atoms with van der Waals surface area (Å²) in [6.07, 6.45) is 1.73. The summed E-state index contributed by atoms with van der Waals surface area (Å²) in [5.41, 5.74) is 1.42. The van der Waals surface area contributed by atoms with Crippen LogP contribution in [0.4, 0.5) is 5.95 Å². The molecule has 1 aromatic heterocycles. The molecular weight excluding hydrogens is 316 g/mol. The molecule has 2 heterocycles. The highest BCUT2D eigenvalue weighted by Gasteiger charge is 2.35. The van der Waals surface area contributed by atoms with Crippen LogP contribution in [0.3, 0.4) is 0 Å². The Labute approximate surface area is 140 Å². The first-order valence-corrected chi connectivity index (χ1v) is 7.94. The number of halogens is 1. The molecule has 2 aromatic rings. The Bertz CT molecular complexity index is 729. The summed E-state index contributed by atoms with van der Waals surface area (Å²) in [6.45, 7) is 2.53. The number of amides is 1. The standard InChI is InChI=1S/C16H19ClN4O2/c1-10-11(6-4-7-12(10)17)15(22)21-9-5-8-13(21)14-18-16(19-23-14)20(2)3/h4,6-7,13H,5,8-9H2,1-3H3/t13-/m1/s1. The van der Waals surface area contributed by atoms with Crippen LogP contribution < -0.4 is 4.90 Å². The van der Waals surface area contributed by atoms with E-state index in [1.165, 1.54) is 0 Å². The minimum atomic E-state index is -0.179. The van der Waals surface area contributed by atoms with Crippen LogP contribution >= 0.6 is 11.6 Å². The number of carbonyl (C=O) groups excluding carboxylic acids is 1. The van der Waals surface area contributed by atoms with E-state index in [9.17, 15) is 4.79 Å². The lowest BCUT2D eigenvalue weighted by Gasteiger charge is -2.23. The van der Waals surface area contributed by atoms with Crippen molar-refractivity contribution in [2.75, 3.05) is 25.5 Å². The summed E-state index contributed by atoms with van der Waals surface area (Å²) in [5, 5.41) is 4.54. The van der Waals surface area contributed by atoms with Crippen molar-refractivity contribution in [1.82, 2.24) is 15.0 Å². The van der Waals surface area contributed by atoms with Gasteiger partial charge in [-0.15, -0.1) is 0 Å². The smallest absolute Gasteiger partial charge is 0.265 e. The number of anilines is 1. The van der Waals surface area contributed by atoms with Gasteiger partial charge in [0.2, 0.25) is 0 Å². The predicted octanol–water partition coefficient (Wildman–Crippen LogP) is 3.07. The molecule has 1 aromatic carbocycles. The quantitative estimate of drug-likeness (QED) is 0.863. The maximum Gasteiger partial charge on any atom is 0.265 e. The molecule has 1 saturated heterocycles. The van der Waals surface area contributed by atoms with Crippen molar-refractivity contribution in [3.8, 4) is 0 Å². The summed E-state index contributed by atoms with van der Waals surface area (Å²) in [6, 6.07) is 5.21. The topological polar surface area (TPSA) is 62.5 Å². The van der Waals surface area contributed by atoms with Gasteiger partial charge in [0.25, 0.3) is 17.7 Å². The zero-order valence-electron chi connectivity index (χ0n) is 13.4. The molecule has 1 aliphatic heterocycles. The fourth-order valence-electron chi connectivity index (χ4n) is 2.80. The molecule has 0 N–H and O–H groups in total. The van der Waals surface area contributed by atoms with Crippen LogP contribution in [-0.2, 0) is 0 Å².